The Morgan fingerprint density at radius 2 is 1.54 bits per heavy atom. The molecule has 0 atom stereocenters. The van der Waals surface area contributed by atoms with E-state index in [0.29, 0.717) is 17.3 Å². The number of carbonyl (C=O) groups excluding carboxylic acids is 2. The van der Waals surface area contributed by atoms with Crippen LogP contribution in [0, 0.1) is 11.8 Å². The first-order chi connectivity index (χ1) is 12.6. The number of halogens is 1. The highest BCUT2D eigenvalue weighted by Gasteiger charge is 2.29. The van der Waals surface area contributed by atoms with Gasteiger partial charge in [-0.05, 0) is 49.4 Å². The van der Waals surface area contributed by atoms with E-state index >= 15 is 0 Å². The van der Waals surface area contributed by atoms with Crippen LogP contribution in [0.25, 0.3) is 0 Å². The summed E-state index contributed by atoms with van der Waals surface area (Å²) in [5, 5.41) is 6.52. The Balaban J connectivity index is 1.44. The van der Waals surface area contributed by atoms with Crippen molar-refractivity contribution in [3.8, 4) is 0 Å². The van der Waals surface area contributed by atoms with Crippen molar-refractivity contribution in [2.45, 2.75) is 32.2 Å². The molecule has 2 aromatic rings. The Morgan fingerprint density at radius 3 is 2.19 bits per heavy atom. The van der Waals surface area contributed by atoms with Gasteiger partial charge in [0.1, 0.15) is 0 Å². The second-order valence-electron chi connectivity index (χ2n) is 6.75. The zero-order valence-corrected chi connectivity index (χ0v) is 15.3. The average Bonchev–Trinajstić information content (AvgIpc) is 2.67. The second kappa shape index (κ2) is 8.86. The lowest BCUT2D eigenvalue weighted by atomic mass is 9.81. The van der Waals surface area contributed by atoms with E-state index in [9.17, 15) is 9.59 Å². The maximum Gasteiger partial charge on any atom is 0.227 e. The number of hydrogen-bond acceptors (Lipinski definition) is 2. The number of amides is 2. The van der Waals surface area contributed by atoms with Crippen molar-refractivity contribution < 1.29 is 9.59 Å². The monoisotopic (exact) mass is 370 g/mol. The van der Waals surface area contributed by atoms with Crippen LogP contribution in [0.15, 0.2) is 54.6 Å². The van der Waals surface area contributed by atoms with Crippen LogP contribution in [0.2, 0.25) is 5.02 Å². The Bertz CT molecular complexity index is 756. The third kappa shape index (κ3) is 5.09. The van der Waals surface area contributed by atoms with Crippen LogP contribution in [-0.2, 0) is 16.1 Å². The normalized spacial score (nSPS) is 19.6. The molecule has 2 N–H and O–H groups in total. The van der Waals surface area contributed by atoms with Crippen LogP contribution >= 0.6 is 11.6 Å². The highest BCUT2D eigenvalue weighted by atomic mass is 35.5. The van der Waals surface area contributed by atoms with Gasteiger partial charge in [-0.1, -0.05) is 48.0 Å². The van der Waals surface area contributed by atoms with E-state index in [1.54, 1.807) is 12.1 Å². The van der Waals surface area contributed by atoms with E-state index in [0.717, 1.165) is 31.2 Å². The average molecular weight is 371 g/mol. The van der Waals surface area contributed by atoms with Gasteiger partial charge in [0.15, 0.2) is 0 Å². The van der Waals surface area contributed by atoms with Crippen LogP contribution in [-0.4, -0.2) is 11.8 Å². The number of anilines is 1. The fourth-order valence-electron chi connectivity index (χ4n) is 3.36. The molecule has 0 bridgehead atoms. The molecule has 0 heterocycles. The molecule has 0 radical (unpaired) electrons. The molecule has 0 aromatic heterocycles. The summed E-state index contributed by atoms with van der Waals surface area (Å²) in [6, 6.07) is 17.0. The van der Waals surface area contributed by atoms with Gasteiger partial charge >= 0.3 is 0 Å². The van der Waals surface area contributed by atoms with Crippen molar-refractivity contribution in [3.63, 3.8) is 0 Å². The summed E-state index contributed by atoms with van der Waals surface area (Å²) in [6.07, 6.45) is 2.95. The highest BCUT2D eigenvalue weighted by molar-refractivity contribution is 6.30. The zero-order chi connectivity index (χ0) is 18.4. The van der Waals surface area contributed by atoms with E-state index in [4.69, 9.17) is 11.6 Å². The van der Waals surface area contributed by atoms with Gasteiger partial charge in [0.2, 0.25) is 11.8 Å². The smallest absolute Gasteiger partial charge is 0.227 e. The fraction of sp³-hybridized carbons (Fsp3) is 0.333. The SMILES string of the molecule is O=C(NCc1ccccc1)C1CCC(C(=O)Nc2cccc(Cl)c2)CC1. The molecular weight excluding hydrogens is 348 g/mol. The Kier molecular flexibility index (Phi) is 6.29. The van der Waals surface area contributed by atoms with Crippen molar-refractivity contribution >= 4 is 29.1 Å². The first-order valence-electron chi connectivity index (χ1n) is 9.00. The fourth-order valence-corrected chi connectivity index (χ4v) is 3.55. The van der Waals surface area contributed by atoms with Gasteiger partial charge in [0.25, 0.3) is 0 Å². The minimum atomic E-state index is -0.0489. The topological polar surface area (TPSA) is 58.2 Å². The summed E-state index contributed by atoms with van der Waals surface area (Å²) in [4.78, 5) is 24.8. The minimum Gasteiger partial charge on any atom is -0.352 e. The number of nitrogens with one attached hydrogen (secondary N) is 2. The van der Waals surface area contributed by atoms with Gasteiger partial charge in [-0.25, -0.2) is 0 Å². The molecule has 1 saturated carbocycles. The standard InChI is InChI=1S/C21H23ClN2O2/c22-18-7-4-8-19(13-18)24-21(26)17-11-9-16(10-12-17)20(25)23-14-15-5-2-1-3-6-15/h1-8,13,16-17H,9-12,14H2,(H,23,25)(H,24,26). The van der Waals surface area contributed by atoms with Crippen LogP contribution < -0.4 is 10.6 Å². The molecule has 0 aliphatic heterocycles. The quantitative estimate of drug-likeness (QED) is 0.819. The number of carbonyl (C=O) groups is 2. The summed E-state index contributed by atoms with van der Waals surface area (Å²) in [7, 11) is 0. The molecule has 1 aliphatic carbocycles. The van der Waals surface area contributed by atoms with E-state index in [1.807, 2.05) is 42.5 Å². The molecule has 26 heavy (non-hydrogen) atoms. The Hall–Kier alpha value is -2.33. The lowest BCUT2D eigenvalue weighted by Gasteiger charge is -2.27. The van der Waals surface area contributed by atoms with Crippen LogP contribution in [0.4, 0.5) is 5.69 Å². The highest BCUT2D eigenvalue weighted by Crippen LogP contribution is 2.30. The predicted octanol–water partition coefficient (Wildman–Crippen LogP) is 4.40. The summed E-state index contributed by atoms with van der Waals surface area (Å²) in [6.45, 7) is 0.550. The van der Waals surface area contributed by atoms with E-state index in [-0.39, 0.29) is 23.7 Å². The molecule has 2 aromatic carbocycles. The van der Waals surface area contributed by atoms with Crippen LogP contribution in [0.1, 0.15) is 31.2 Å². The van der Waals surface area contributed by atoms with Gasteiger partial charge in [0.05, 0.1) is 0 Å². The molecule has 1 fully saturated rings. The largest absolute Gasteiger partial charge is 0.352 e. The molecule has 136 valence electrons. The molecule has 3 rings (SSSR count). The van der Waals surface area contributed by atoms with Crippen molar-refractivity contribution in [2.75, 3.05) is 5.32 Å². The first-order valence-corrected chi connectivity index (χ1v) is 9.37. The van der Waals surface area contributed by atoms with Crippen molar-refractivity contribution in [2.24, 2.45) is 11.8 Å². The van der Waals surface area contributed by atoms with E-state index in [1.165, 1.54) is 0 Å². The third-order valence-corrected chi connectivity index (χ3v) is 5.11. The maximum atomic E-state index is 12.4. The van der Waals surface area contributed by atoms with Gasteiger partial charge in [-0.3, -0.25) is 9.59 Å². The molecule has 0 saturated heterocycles. The predicted molar refractivity (Wildman–Crippen MR) is 104 cm³/mol. The summed E-state index contributed by atoms with van der Waals surface area (Å²) in [5.74, 6) is 0.0408. The van der Waals surface area contributed by atoms with Crippen LogP contribution in [0.5, 0.6) is 0 Å². The van der Waals surface area contributed by atoms with E-state index in [2.05, 4.69) is 10.6 Å². The van der Waals surface area contributed by atoms with Crippen LogP contribution in [0.3, 0.4) is 0 Å². The lowest BCUT2D eigenvalue weighted by Crippen LogP contribution is -2.35. The first kappa shape index (κ1) is 18.5. The van der Waals surface area contributed by atoms with Crippen molar-refractivity contribution in [1.82, 2.24) is 5.32 Å². The van der Waals surface area contributed by atoms with Gasteiger partial charge in [-0.15, -0.1) is 0 Å². The van der Waals surface area contributed by atoms with Gasteiger partial charge in [-0.2, -0.15) is 0 Å². The third-order valence-electron chi connectivity index (χ3n) is 4.87. The van der Waals surface area contributed by atoms with Gasteiger partial charge in [0, 0.05) is 29.1 Å². The van der Waals surface area contributed by atoms with E-state index < -0.39 is 0 Å². The number of hydrogen-bond donors (Lipinski definition) is 2. The number of rotatable bonds is 5. The second-order valence-corrected chi connectivity index (χ2v) is 7.19. The minimum absolute atomic E-state index is 0.00562. The Morgan fingerprint density at radius 1 is 0.885 bits per heavy atom. The molecule has 2 amide bonds. The molecule has 0 spiro atoms. The van der Waals surface area contributed by atoms with Crippen molar-refractivity contribution in [1.29, 1.82) is 0 Å². The molecule has 5 heteroatoms. The van der Waals surface area contributed by atoms with Gasteiger partial charge < -0.3 is 10.6 Å². The molecular formula is C21H23ClN2O2. The summed E-state index contributed by atoms with van der Waals surface area (Å²) < 4.78 is 0. The van der Waals surface area contributed by atoms with Crippen molar-refractivity contribution in [3.05, 3.63) is 65.2 Å². The lowest BCUT2D eigenvalue weighted by molar-refractivity contribution is -0.128. The summed E-state index contributed by atoms with van der Waals surface area (Å²) in [5.41, 5.74) is 1.81. The number of benzene rings is 2. The Labute approximate surface area is 158 Å². The zero-order valence-electron chi connectivity index (χ0n) is 14.6. The molecule has 1 aliphatic rings. The molecule has 4 nitrogen and oxygen atoms in total. The maximum absolute atomic E-state index is 12.4. The molecule has 0 unspecified atom stereocenters. The summed E-state index contributed by atoms with van der Waals surface area (Å²) >= 11 is 5.95.